The molecule has 0 bridgehead atoms. The molecule has 3 unspecified atom stereocenters. The lowest BCUT2D eigenvalue weighted by Gasteiger charge is -2.28. The van der Waals surface area contributed by atoms with Gasteiger partial charge in [-0.05, 0) is 73.7 Å². The largest absolute Gasteiger partial charge is 0.504 e. The van der Waals surface area contributed by atoms with E-state index in [2.05, 4.69) is 0 Å². The van der Waals surface area contributed by atoms with Crippen molar-refractivity contribution in [2.45, 2.75) is 58.7 Å². The van der Waals surface area contributed by atoms with E-state index in [0.717, 1.165) is 55.7 Å². The minimum atomic E-state index is -2.96. The lowest BCUT2D eigenvalue weighted by atomic mass is 9.81. The van der Waals surface area contributed by atoms with Crippen LogP contribution in [0.3, 0.4) is 0 Å². The van der Waals surface area contributed by atoms with Crippen molar-refractivity contribution in [3.05, 3.63) is 87.9 Å². The summed E-state index contributed by atoms with van der Waals surface area (Å²) in [6.45, 7) is 6.75. The molecular weight excluding hydrogens is 624 g/mol. The Labute approximate surface area is 275 Å². The summed E-state index contributed by atoms with van der Waals surface area (Å²) >= 11 is 0. The predicted molar refractivity (Wildman–Crippen MR) is 173 cm³/mol. The molecule has 4 rings (SSSR count). The summed E-state index contributed by atoms with van der Waals surface area (Å²) < 4.78 is 5.21. The average molecular weight is 661 g/mol. The highest BCUT2D eigenvalue weighted by Crippen LogP contribution is 2.48. The van der Waals surface area contributed by atoms with Crippen LogP contribution in [0.15, 0.2) is 71.2 Å². The lowest BCUT2D eigenvalue weighted by Crippen LogP contribution is -2.48. The van der Waals surface area contributed by atoms with Crippen LogP contribution in [0.4, 0.5) is 0 Å². The Balaban J connectivity index is 1.91. The summed E-state index contributed by atoms with van der Waals surface area (Å²) in [6.07, 6.45) is 4.68. The van der Waals surface area contributed by atoms with Crippen LogP contribution in [0.1, 0.15) is 63.6 Å². The second kappa shape index (κ2) is 13.7. The molecule has 0 spiro atoms. The Kier molecular flexibility index (Phi) is 10.1. The van der Waals surface area contributed by atoms with Gasteiger partial charge in [-0.25, -0.2) is 4.79 Å². The maximum atomic E-state index is 13.4. The van der Waals surface area contributed by atoms with Gasteiger partial charge in [0.1, 0.15) is 5.57 Å². The molecule has 7 N–H and O–H groups in total. The third-order valence-electron chi connectivity index (χ3n) is 8.16. The first kappa shape index (κ1) is 35.4. The van der Waals surface area contributed by atoms with Crippen molar-refractivity contribution in [3.63, 3.8) is 0 Å². The maximum absolute atomic E-state index is 13.4. The lowest BCUT2D eigenvalue weighted by molar-refractivity contribution is -0.145. The fourth-order valence-corrected chi connectivity index (χ4v) is 5.78. The number of carbonyl (C=O) groups is 4. The number of aliphatic hydroxyl groups excluding tert-OH is 2. The van der Waals surface area contributed by atoms with Crippen molar-refractivity contribution in [2.75, 3.05) is 0 Å². The molecule has 2 aromatic rings. The Morgan fingerprint density at radius 3 is 2.17 bits per heavy atom. The van der Waals surface area contributed by atoms with Crippen LogP contribution in [0, 0.1) is 5.92 Å². The molecule has 12 heteroatoms. The van der Waals surface area contributed by atoms with Gasteiger partial charge in [0, 0.05) is 23.1 Å². The number of ketones is 3. The van der Waals surface area contributed by atoms with E-state index >= 15 is 0 Å². The molecular formula is C36H36O12. The zero-order valence-corrected chi connectivity index (χ0v) is 26.6. The molecule has 0 saturated heterocycles. The second-order valence-electron chi connectivity index (χ2n) is 11.9. The Morgan fingerprint density at radius 2 is 1.56 bits per heavy atom. The highest BCUT2D eigenvalue weighted by Gasteiger charge is 2.56. The highest BCUT2D eigenvalue weighted by molar-refractivity contribution is 6.26. The molecule has 3 atom stereocenters. The van der Waals surface area contributed by atoms with E-state index in [4.69, 9.17) is 4.74 Å². The first-order valence-electron chi connectivity index (χ1n) is 15.1. The summed E-state index contributed by atoms with van der Waals surface area (Å²) in [5, 5.41) is 74.0. The quantitative estimate of drug-likeness (QED) is 0.0777. The summed E-state index contributed by atoms with van der Waals surface area (Å²) in [6, 6.07) is 5.23. The third-order valence-corrected chi connectivity index (χ3v) is 8.16. The molecule has 1 aliphatic carbocycles. The normalized spacial score (nSPS) is 21.5. The number of aliphatic hydroxyl groups is 3. The van der Waals surface area contributed by atoms with Crippen LogP contribution in [-0.4, -0.2) is 70.8 Å². The summed E-state index contributed by atoms with van der Waals surface area (Å²) in [5.74, 6) is -7.66. The van der Waals surface area contributed by atoms with Gasteiger partial charge in [0.2, 0.25) is 0 Å². The Bertz CT molecular complexity index is 1870. The van der Waals surface area contributed by atoms with Gasteiger partial charge in [0.15, 0.2) is 63.6 Å². The Morgan fingerprint density at radius 1 is 0.938 bits per heavy atom. The molecule has 0 fully saturated rings. The minimum absolute atomic E-state index is 0.187. The fourth-order valence-electron chi connectivity index (χ4n) is 5.78. The smallest absolute Gasteiger partial charge is 0.348 e. The number of aromatic hydroxyl groups is 4. The molecule has 0 saturated carbocycles. The van der Waals surface area contributed by atoms with E-state index in [9.17, 15) is 54.9 Å². The van der Waals surface area contributed by atoms with Gasteiger partial charge in [-0.15, -0.1) is 0 Å². The standard InChI is InChI=1S/C36H36O12/c1-5-6-17(2)11-18(3)7-9-21(38)14-24-31(36(47,19(4)37)34(45)32(24)43)23-16-28(42)27(41)15-22(23)30-33(44)29(48-35(30)46)13-20-8-10-25(39)26(40)12-20/h7-13,15-17,34,39-42,44-45,47H,5-6,14H2,1-4H3/b9-7+,18-11+,29-13-. The first-order valence-corrected chi connectivity index (χ1v) is 15.1. The molecule has 1 aliphatic heterocycles. The highest BCUT2D eigenvalue weighted by atomic mass is 16.6. The molecule has 0 radical (unpaired) electrons. The third kappa shape index (κ3) is 6.66. The molecule has 2 aromatic carbocycles. The van der Waals surface area contributed by atoms with Crippen LogP contribution in [-0.2, 0) is 23.9 Å². The number of allylic oxidation sites excluding steroid dienone is 4. The minimum Gasteiger partial charge on any atom is -0.504 e. The summed E-state index contributed by atoms with van der Waals surface area (Å²) in [4.78, 5) is 52.6. The topological polar surface area (TPSA) is 219 Å². The van der Waals surface area contributed by atoms with Crippen LogP contribution in [0.2, 0.25) is 0 Å². The van der Waals surface area contributed by atoms with Crippen LogP contribution in [0.25, 0.3) is 17.2 Å². The SMILES string of the molecule is CCCC(C)/C=C(C)/C=C/C(=O)CC1=C(c2cc(O)c(O)cc2C2=C(O)/C(=C/c3ccc(O)c(O)c3)OC2=O)C(O)(C(C)=O)C(O)C1=O. The number of esters is 1. The summed E-state index contributed by atoms with van der Waals surface area (Å²) in [7, 11) is 0. The van der Waals surface area contributed by atoms with Crippen molar-refractivity contribution < 1.29 is 59.7 Å². The molecule has 0 aromatic heterocycles. The van der Waals surface area contributed by atoms with Crippen molar-refractivity contribution in [1.82, 2.24) is 0 Å². The number of hydrogen-bond donors (Lipinski definition) is 7. The number of Topliss-reactive ketones (excluding diaryl/α,β-unsaturated/α-hetero) is 2. The van der Waals surface area contributed by atoms with Crippen LogP contribution in [0.5, 0.6) is 23.0 Å². The number of rotatable bonds is 11. The number of benzene rings is 2. The predicted octanol–water partition coefficient (Wildman–Crippen LogP) is 4.29. The van der Waals surface area contributed by atoms with Crippen molar-refractivity contribution >= 4 is 40.5 Å². The zero-order valence-electron chi connectivity index (χ0n) is 26.6. The number of ether oxygens (including phenoxy) is 1. The van der Waals surface area contributed by atoms with Gasteiger partial charge < -0.3 is 40.5 Å². The number of carbonyl (C=O) groups excluding carboxylic acids is 4. The molecule has 0 amide bonds. The number of cyclic esters (lactones) is 1. The van der Waals surface area contributed by atoms with Gasteiger partial charge in [0.05, 0.1) is 0 Å². The number of hydrogen-bond acceptors (Lipinski definition) is 12. The van der Waals surface area contributed by atoms with E-state index in [1.54, 1.807) is 13.0 Å². The zero-order chi connectivity index (χ0) is 35.7. The molecule has 12 nitrogen and oxygen atoms in total. The van der Waals surface area contributed by atoms with Crippen molar-refractivity contribution in [3.8, 4) is 23.0 Å². The van der Waals surface area contributed by atoms with E-state index in [0.29, 0.717) is 0 Å². The van der Waals surface area contributed by atoms with Gasteiger partial charge in [-0.2, -0.15) is 0 Å². The second-order valence-corrected chi connectivity index (χ2v) is 11.9. The summed E-state index contributed by atoms with van der Waals surface area (Å²) in [5.41, 5.74) is -4.60. The van der Waals surface area contributed by atoms with Gasteiger partial charge in [0.25, 0.3) is 0 Å². The Hall–Kier alpha value is -5.46. The molecule has 252 valence electrons. The van der Waals surface area contributed by atoms with Crippen LogP contribution >= 0.6 is 0 Å². The van der Waals surface area contributed by atoms with Crippen molar-refractivity contribution in [2.24, 2.45) is 5.92 Å². The van der Waals surface area contributed by atoms with E-state index < -0.39 is 104 Å². The van der Waals surface area contributed by atoms with Gasteiger partial charge in [-0.3, -0.25) is 14.4 Å². The molecule has 2 aliphatic rings. The number of phenols is 4. The maximum Gasteiger partial charge on any atom is 0.348 e. The van der Waals surface area contributed by atoms with E-state index in [1.807, 2.05) is 19.9 Å². The molecule has 48 heavy (non-hydrogen) atoms. The van der Waals surface area contributed by atoms with E-state index in [-0.39, 0.29) is 11.5 Å². The monoisotopic (exact) mass is 660 g/mol. The first-order chi connectivity index (χ1) is 22.5. The van der Waals surface area contributed by atoms with Gasteiger partial charge >= 0.3 is 5.97 Å². The van der Waals surface area contributed by atoms with Crippen molar-refractivity contribution in [1.29, 1.82) is 0 Å². The fraction of sp³-hybridized carbons (Fsp3) is 0.278. The molecule has 1 heterocycles. The van der Waals surface area contributed by atoms with Gasteiger partial charge in [-0.1, -0.05) is 44.1 Å². The average Bonchev–Trinajstić information content (AvgIpc) is 3.39. The van der Waals surface area contributed by atoms with Crippen LogP contribution < -0.4 is 0 Å². The van der Waals surface area contributed by atoms with E-state index in [1.165, 1.54) is 12.1 Å². The number of phenolic OH excluding ortho intramolecular Hbond substituents is 4.